The summed E-state index contributed by atoms with van der Waals surface area (Å²) in [4.78, 5) is 0. The minimum Gasteiger partial charge on any atom is -1.00 e. The molecule has 0 aromatic carbocycles. The van der Waals surface area contributed by atoms with Crippen molar-refractivity contribution in [2.45, 2.75) is 27.7 Å². The number of halogens is 2. The minimum absolute atomic E-state index is 0. The van der Waals surface area contributed by atoms with E-state index >= 15 is 0 Å². The van der Waals surface area contributed by atoms with Crippen LogP contribution in [0.4, 0.5) is 0 Å². The van der Waals surface area contributed by atoms with Crippen molar-refractivity contribution < 1.29 is 47.1 Å². The van der Waals surface area contributed by atoms with E-state index in [4.69, 9.17) is 0 Å². The van der Waals surface area contributed by atoms with Gasteiger partial charge in [-0.05, 0) is 27.7 Å². The highest BCUT2D eigenvalue weighted by Crippen LogP contribution is 2.06. The zero-order chi connectivity index (χ0) is 14.2. The van der Waals surface area contributed by atoms with E-state index in [0.29, 0.717) is 0 Å². The van der Waals surface area contributed by atoms with Crippen molar-refractivity contribution in [1.29, 1.82) is 0 Å². The molecule has 0 fully saturated rings. The Kier molecular flexibility index (Phi) is 16.3. The topological polar surface area (TPSA) is 17.1 Å². The summed E-state index contributed by atoms with van der Waals surface area (Å²) >= 11 is 0. The summed E-state index contributed by atoms with van der Waals surface area (Å²) in [6.07, 6.45) is 0. The fourth-order valence-electron chi connectivity index (χ4n) is 2.05. The molecule has 20 heavy (non-hydrogen) atoms. The fourth-order valence-corrected chi connectivity index (χ4v) is 3.54. The van der Waals surface area contributed by atoms with Gasteiger partial charge in [-0.3, -0.25) is 4.21 Å². The summed E-state index contributed by atoms with van der Waals surface area (Å²) in [5.41, 5.74) is 0. The normalized spacial score (nSPS) is 13.3. The van der Waals surface area contributed by atoms with Gasteiger partial charge in [0.1, 0.15) is 0 Å². The SMILES string of the molecule is CC[N+](C)(C)CCS(=O)CC[N+](CC)(CC)CC.[Br-].[Br-]. The third-order valence-corrected chi connectivity index (χ3v) is 5.86. The van der Waals surface area contributed by atoms with Crippen LogP contribution in [0.25, 0.3) is 0 Å². The van der Waals surface area contributed by atoms with Crippen LogP contribution in [-0.4, -0.2) is 78.0 Å². The standard InChI is InChI=1S/C14H34N2OS.2BrH/c1-7-15(5,6)11-13-18(17)14-12-16(8-2,9-3)10-4;;/h7-14H2,1-6H3;2*1H/q+2;;/p-2. The van der Waals surface area contributed by atoms with Crippen LogP contribution in [0.5, 0.6) is 0 Å². The van der Waals surface area contributed by atoms with Crippen molar-refractivity contribution in [3.05, 3.63) is 0 Å². The third kappa shape index (κ3) is 9.87. The van der Waals surface area contributed by atoms with Gasteiger partial charge in [0.15, 0.2) is 0 Å². The Morgan fingerprint density at radius 2 is 1.15 bits per heavy atom. The van der Waals surface area contributed by atoms with Crippen LogP contribution in [0, 0.1) is 0 Å². The van der Waals surface area contributed by atoms with Gasteiger partial charge in [-0.1, -0.05) is 0 Å². The number of nitrogens with zero attached hydrogens (tertiary/aromatic N) is 2. The van der Waals surface area contributed by atoms with E-state index in [0.717, 1.165) is 59.7 Å². The first-order valence-electron chi connectivity index (χ1n) is 7.36. The van der Waals surface area contributed by atoms with Crippen LogP contribution in [0.2, 0.25) is 0 Å². The zero-order valence-electron chi connectivity index (χ0n) is 14.1. The molecule has 0 rings (SSSR count). The van der Waals surface area contributed by atoms with Gasteiger partial charge in [-0.15, -0.1) is 0 Å². The van der Waals surface area contributed by atoms with Crippen LogP contribution in [0.1, 0.15) is 27.7 Å². The quantitative estimate of drug-likeness (QED) is 0.316. The average molecular weight is 438 g/mol. The molecule has 0 saturated heterocycles. The molecule has 0 bridgehead atoms. The second kappa shape index (κ2) is 12.6. The molecule has 0 spiro atoms. The molecule has 3 nitrogen and oxygen atoms in total. The van der Waals surface area contributed by atoms with Gasteiger partial charge in [0.2, 0.25) is 0 Å². The van der Waals surface area contributed by atoms with Crippen molar-refractivity contribution in [2.24, 2.45) is 0 Å². The van der Waals surface area contributed by atoms with Crippen molar-refractivity contribution in [1.82, 2.24) is 0 Å². The molecule has 1 atom stereocenters. The number of rotatable bonds is 10. The van der Waals surface area contributed by atoms with Crippen LogP contribution < -0.4 is 34.0 Å². The van der Waals surface area contributed by atoms with Gasteiger partial charge in [-0.25, -0.2) is 0 Å². The van der Waals surface area contributed by atoms with Crippen LogP contribution >= 0.6 is 0 Å². The van der Waals surface area contributed by atoms with E-state index in [1.165, 1.54) is 0 Å². The minimum atomic E-state index is -0.651. The predicted octanol–water partition coefficient (Wildman–Crippen LogP) is -4.28. The van der Waals surface area contributed by atoms with Gasteiger partial charge >= 0.3 is 0 Å². The fraction of sp³-hybridized carbons (Fsp3) is 1.00. The average Bonchev–Trinajstić information content (AvgIpc) is 2.39. The predicted molar refractivity (Wildman–Crippen MR) is 82.1 cm³/mol. The highest BCUT2D eigenvalue weighted by molar-refractivity contribution is 7.85. The summed E-state index contributed by atoms with van der Waals surface area (Å²) in [5.74, 6) is 1.71. The molecule has 1 unspecified atom stereocenters. The maximum Gasteiger partial charge on any atom is 0.0903 e. The Balaban J connectivity index is -0.00000144. The Hall–Kier alpha value is 1.03. The van der Waals surface area contributed by atoms with Gasteiger partial charge in [0.05, 0.1) is 64.9 Å². The Morgan fingerprint density at radius 3 is 1.50 bits per heavy atom. The number of quaternary nitrogens is 2. The van der Waals surface area contributed by atoms with Gasteiger partial charge in [-0.2, -0.15) is 0 Å². The largest absolute Gasteiger partial charge is 1.00 e. The van der Waals surface area contributed by atoms with Crippen molar-refractivity contribution in [3.63, 3.8) is 0 Å². The maximum absolute atomic E-state index is 12.1. The Labute approximate surface area is 150 Å². The van der Waals surface area contributed by atoms with E-state index in [2.05, 4.69) is 41.8 Å². The first-order valence-corrected chi connectivity index (χ1v) is 8.85. The molecular weight excluding hydrogens is 404 g/mol. The lowest BCUT2D eigenvalue weighted by molar-refractivity contribution is -0.920. The van der Waals surface area contributed by atoms with Gasteiger partial charge in [0, 0.05) is 10.8 Å². The second-order valence-electron chi connectivity index (χ2n) is 5.84. The van der Waals surface area contributed by atoms with Crippen molar-refractivity contribution >= 4 is 10.8 Å². The number of hydrogen-bond acceptors (Lipinski definition) is 1. The van der Waals surface area contributed by atoms with Crippen LogP contribution in [0.3, 0.4) is 0 Å². The third-order valence-electron chi connectivity index (χ3n) is 4.59. The first-order chi connectivity index (χ1) is 8.34. The lowest BCUT2D eigenvalue weighted by Gasteiger charge is -2.35. The van der Waals surface area contributed by atoms with E-state index < -0.39 is 10.8 Å². The molecule has 0 saturated carbocycles. The molecule has 0 aromatic rings. The van der Waals surface area contributed by atoms with Crippen LogP contribution in [0.15, 0.2) is 0 Å². The summed E-state index contributed by atoms with van der Waals surface area (Å²) in [5, 5.41) is 0. The van der Waals surface area contributed by atoms with Crippen molar-refractivity contribution in [2.75, 3.05) is 64.9 Å². The van der Waals surface area contributed by atoms with E-state index in [1.807, 2.05) is 0 Å². The van der Waals surface area contributed by atoms with E-state index in [-0.39, 0.29) is 34.0 Å². The highest BCUT2D eigenvalue weighted by atomic mass is 79.9. The summed E-state index contributed by atoms with van der Waals surface area (Å²) in [6, 6.07) is 0. The molecule has 126 valence electrons. The van der Waals surface area contributed by atoms with Crippen molar-refractivity contribution in [3.8, 4) is 0 Å². The molecular formula is C14H34Br2N2OS. The smallest absolute Gasteiger partial charge is 0.0903 e. The van der Waals surface area contributed by atoms with Gasteiger partial charge in [0.25, 0.3) is 0 Å². The highest BCUT2D eigenvalue weighted by Gasteiger charge is 2.22. The molecule has 0 heterocycles. The van der Waals surface area contributed by atoms with E-state index in [9.17, 15) is 4.21 Å². The first kappa shape index (κ1) is 26.0. The molecule has 0 aliphatic rings. The molecule has 6 heteroatoms. The van der Waals surface area contributed by atoms with Gasteiger partial charge < -0.3 is 42.9 Å². The Bertz CT molecular complexity index is 251. The lowest BCUT2D eigenvalue weighted by atomic mass is 10.3. The molecule has 0 aromatic heterocycles. The molecule has 0 N–H and O–H groups in total. The van der Waals surface area contributed by atoms with E-state index in [1.54, 1.807) is 0 Å². The molecule has 0 aliphatic carbocycles. The molecule has 0 amide bonds. The summed E-state index contributed by atoms with van der Waals surface area (Å²) < 4.78 is 14.2. The summed E-state index contributed by atoms with van der Waals surface area (Å²) in [6.45, 7) is 15.6. The summed E-state index contributed by atoms with van der Waals surface area (Å²) in [7, 11) is 3.77. The molecule has 0 aliphatic heterocycles. The van der Waals surface area contributed by atoms with Crippen LogP contribution in [-0.2, 0) is 10.8 Å². The lowest BCUT2D eigenvalue weighted by Crippen LogP contribution is -3.00. The maximum atomic E-state index is 12.1. The Morgan fingerprint density at radius 1 is 0.750 bits per heavy atom. The zero-order valence-corrected chi connectivity index (χ0v) is 18.1. The molecule has 0 radical (unpaired) electrons. The monoisotopic (exact) mass is 436 g/mol. The number of hydrogen-bond donors (Lipinski definition) is 0. The second-order valence-corrected chi connectivity index (χ2v) is 7.53.